The molecule has 2 aliphatic heterocycles. The molecule has 7 rings (SSSR count). The van der Waals surface area contributed by atoms with Crippen molar-refractivity contribution in [3.63, 3.8) is 0 Å². The third-order valence-electron chi connectivity index (χ3n) is 11.8. The lowest BCUT2D eigenvalue weighted by Gasteiger charge is -2.30. The van der Waals surface area contributed by atoms with Gasteiger partial charge in [-0.15, -0.1) is 11.3 Å². The lowest BCUT2D eigenvalue weighted by molar-refractivity contribution is -0.141. The summed E-state index contributed by atoms with van der Waals surface area (Å²) in [5.41, 5.74) is 3.28. The summed E-state index contributed by atoms with van der Waals surface area (Å²) in [6, 6.07) is 12.4. The van der Waals surface area contributed by atoms with Crippen molar-refractivity contribution in [1.82, 2.24) is 39.1 Å². The zero-order valence-corrected chi connectivity index (χ0v) is 39.5. The molecule has 64 heavy (non-hydrogen) atoms. The van der Waals surface area contributed by atoms with Gasteiger partial charge < -0.3 is 25.0 Å². The van der Waals surface area contributed by atoms with E-state index in [1.165, 1.54) is 30.1 Å². The Labute approximate surface area is 379 Å². The van der Waals surface area contributed by atoms with Gasteiger partial charge in [0.1, 0.15) is 39.9 Å². The number of hydrogen-bond acceptors (Lipinski definition) is 11. The molecule has 344 valence electrons. The van der Waals surface area contributed by atoms with E-state index in [4.69, 9.17) is 19.4 Å². The van der Waals surface area contributed by atoms with Crippen molar-refractivity contribution in [3.8, 4) is 16.6 Å². The number of carbonyl (C=O) groups is 4. The molecule has 0 radical (unpaired) electrons. The van der Waals surface area contributed by atoms with Crippen LogP contribution in [-0.2, 0) is 35.8 Å². The number of fused-ring (bicyclic) bond motifs is 3. The number of nitrogens with zero attached hydrogens (tertiary/aromatic N) is 5. The highest BCUT2D eigenvalue weighted by molar-refractivity contribution is 7.87. The van der Waals surface area contributed by atoms with Crippen LogP contribution in [0.25, 0.3) is 21.6 Å². The predicted molar refractivity (Wildman–Crippen MR) is 245 cm³/mol. The maximum absolute atomic E-state index is 14.7. The monoisotopic (exact) mass is 916 g/mol. The average Bonchev–Trinajstić information content (AvgIpc) is 3.53. The first-order valence-corrected chi connectivity index (χ1v) is 24.3. The lowest BCUT2D eigenvalue weighted by atomic mass is 10.0. The minimum atomic E-state index is -4.19. The molecule has 1 saturated heterocycles. The number of thiazole rings is 1. The fourth-order valence-corrected chi connectivity index (χ4v) is 9.79. The van der Waals surface area contributed by atoms with Gasteiger partial charge in [0.15, 0.2) is 0 Å². The van der Waals surface area contributed by atoms with Crippen LogP contribution in [0.15, 0.2) is 60.0 Å². The molecular weight excluding hydrogens is 857 g/mol. The van der Waals surface area contributed by atoms with Crippen LogP contribution in [0.2, 0.25) is 0 Å². The maximum atomic E-state index is 14.7. The third kappa shape index (κ3) is 10.4. The molecule has 0 unspecified atom stereocenters. The quantitative estimate of drug-likeness (QED) is 0.154. The summed E-state index contributed by atoms with van der Waals surface area (Å²) in [6.45, 7) is 11.3. The predicted octanol–water partition coefficient (Wildman–Crippen LogP) is 6.20. The molecule has 5 atom stereocenters. The number of nitrogens with one attached hydrogen (secondary N) is 3. The molecule has 16 nitrogen and oxygen atoms in total. The number of allylic oxidation sites excluding steroid dienone is 1. The van der Waals surface area contributed by atoms with E-state index < -0.39 is 69.3 Å². The van der Waals surface area contributed by atoms with Gasteiger partial charge in [0.25, 0.3) is 11.9 Å². The molecule has 4 heterocycles. The summed E-state index contributed by atoms with van der Waals surface area (Å²) in [6.07, 6.45) is 6.26. The summed E-state index contributed by atoms with van der Waals surface area (Å²) in [7, 11) is -1.59. The van der Waals surface area contributed by atoms with Gasteiger partial charge in [0.2, 0.25) is 11.8 Å². The Balaban J connectivity index is 1.21. The molecule has 2 aromatic carbocycles. The van der Waals surface area contributed by atoms with Crippen LogP contribution in [0, 0.1) is 12.8 Å². The lowest BCUT2D eigenvalue weighted by Crippen LogP contribution is -2.58. The first kappa shape index (κ1) is 46.7. The van der Waals surface area contributed by atoms with Gasteiger partial charge in [-0.25, -0.2) is 14.5 Å². The first-order chi connectivity index (χ1) is 30.2. The second-order valence-corrected chi connectivity index (χ2v) is 21.3. The smallest absolute Gasteiger partial charge is 0.408 e. The normalized spacial score (nSPS) is 23.8. The van der Waals surface area contributed by atoms with Crippen molar-refractivity contribution < 1.29 is 37.1 Å². The number of imidazole rings is 1. The Hall–Kier alpha value is -5.33. The first-order valence-electron chi connectivity index (χ1n) is 22.0. The van der Waals surface area contributed by atoms with Crippen molar-refractivity contribution in [2.75, 3.05) is 20.6 Å². The van der Waals surface area contributed by atoms with Gasteiger partial charge in [-0.1, -0.05) is 60.9 Å². The number of carbonyl (C=O) groups excluding carboxylic acids is 4. The third-order valence-corrected chi connectivity index (χ3v) is 14.1. The van der Waals surface area contributed by atoms with E-state index in [0.717, 1.165) is 38.9 Å². The van der Waals surface area contributed by atoms with Gasteiger partial charge in [-0.3, -0.25) is 19.0 Å². The minimum absolute atomic E-state index is 0.0218. The van der Waals surface area contributed by atoms with Gasteiger partial charge in [0.05, 0.1) is 17.8 Å². The van der Waals surface area contributed by atoms with Gasteiger partial charge >= 0.3 is 16.3 Å². The van der Waals surface area contributed by atoms with Gasteiger partial charge in [0, 0.05) is 49.8 Å². The second kappa shape index (κ2) is 18.6. The van der Waals surface area contributed by atoms with E-state index in [9.17, 15) is 27.6 Å². The summed E-state index contributed by atoms with van der Waals surface area (Å²) < 4.78 is 42.9. The molecule has 4 amide bonds. The molecule has 4 aromatic rings. The highest BCUT2D eigenvalue weighted by Crippen LogP contribution is 2.46. The fourth-order valence-electron chi connectivity index (χ4n) is 8.34. The Morgan fingerprint density at radius 1 is 1.06 bits per heavy atom. The molecule has 3 aliphatic rings. The molecule has 18 heteroatoms. The summed E-state index contributed by atoms with van der Waals surface area (Å²) >= 11 is 1.54. The van der Waals surface area contributed by atoms with E-state index >= 15 is 0 Å². The Kier molecular flexibility index (Phi) is 13.6. The molecule has 1 aliphatic carbocycles. The van der Waals surface area contributed by atoms with E-state index in [2.05, 4.69) is 51.9 Å². The number of alkyl carbamates (subject to hydrolysis) is 1. The Morgan fingerprint density at radius 3 is 2.52 bits per heavy atom. The second-order valence-electron chi connectivity index (χ2n) is 18.6. The summed E-state index contributed by atoms with van der Waals surface area (Å²) in [4.78, 5) is 67.8. The standard InChI is InChI=1S/C46H60N8O8S2/c1-28(2)54-36-18-14-16-34(40-47-32(27-63-40)23-30-21-19-29(3)20-22-30)38(36)49-43(54)61-33-24-37-39(55)50-46(42(57)51-64(59,60)52(7)8)25-31(46)15-12-10-9-11-13-17-35(41(56)53(37)26-33)48-44(58)62-45(4,5)6/h12,14-16,18-22,27-28,31,33,35,37H,9-11,13,17,23-26H2,1-8H3,(H,48,58)(H,50,55)(H,51,57)/b15-12-/t31-,33-,35+,37+,46-/m1/s1. The number of ether oxygens (including phenoxy) is 2. The van der Waals surface area contributed by atoms with Crippen molar-refractivity contribution in [3.05, 3.63) is 76.8 Å². The number of aryl methyl sites for hydroxylation is 1. The Morgan fingerprint density at radius 2 is 1.81 bits per heavy atom. The van der Waals surface area contributed by atoms with Crippen LogP contribution in [0.5, 0.6) is 6.01 Å². The largest absolute Gasteiger partial charge is 0.459 e. The zero-order valence-electron chi connectivity index (χ0n) is 37.8. The van der Waals surface area contributed by atoms with E-state index in [1.54, 1.807) is 32.1 Å². The maximum Gasteiger partial charge on any atom is 0.408 e. The van der Waals surface area contributed by atoms with Crippen molar-refractivity contribution in [2.24, 2.45) is 5.92 Å². The van der Waals surface area contributed by atoms with E-state index in [1.807, 2.05) is 48.8 Å². The van der Waals surface area contributed by atoms with Crippen LogP contribution in [0.1, 0.15) is 102 Å². The molecule has 0 spiro atoms. The topological polar surface area (TPSA) is 194 Å². The summed E-state index contributed by atoms with van der Waals surface area (Å²) in [5, 5.41) is 8.53. The van der Waals surface area contributed by atoms with Crippen molar-refractivity contribution in [1.29, 1.82) is 0 Å². The average molecular weight is 917 g/mol. The zero-order chi connectivity index (χ0) is 46.1. The highest BCUT2D eigenvalue weighted by atomic mass is 32.2. The molecule has 3 N–H and O–H groups in total. The number of rotatable bonds is 10. The molecule has 1 saturated carbocycles. The highest BCUT2D eigenvalue weighted by Gasteiger charge is 2.62. The van der Waals surface area contributed by atoms with E-state index in [0.29, 0.717) is 37.2 Å². The van der Waals surface area contributed by atoms with Gasteiger partial charge in [-0.2, -0.15) is 17.7 Å². The van der Waals surface area contributed by atoms with Crippen molar-refractivity contribution in [2.45, 2.75) is 128 Å². The number of amides is 4. The van der Waals surface area contributed by atoms with Crippen molar-refractivity contribution >= 4 is 56.4 Å². The van der Waals surface area contributed by atoms with Crippen LogP contribution < -0.4 is 20.1 Å². The Bertz CT molecular complexity index is 2530. The molecule has 2 aromatic heterocycles. The number of hydrogen-bond donors (Lipinski definition) is 3. The van der Waals surface area contributed by atoms with Crippen LogP contribution >= 0.6 is 11.3 Å². The minimum Gasteiger partial charge on any atom is -0.459 e. The molecular formula is C46H60N8O8S2. The molecule has 2 fully saturated rings. The number of benzene rings is 2. The van der Waals surface area contributed by atoms with Gasteiger partial charge in [-0.05, 0) is 84.9 Å². The SMILES string of the molecule is Cc1ccc(Cc2csc(-c3cccc4c3nc(O[C@@H]3C[C@H]5C(=O)N[C@]6(C(=O)NS(=O)(=O)N(C)C)C[C@H]6/C=C\CCCCC[C@H](NC(=O)OC(C)(C)C)C(=O)N5C3)n4C(C)C)n2)cc1. The summed E-state index contributed by atoms with van der Waals surface area (Å²) in [5.74, 6) is -2.50. The number of para-hydroxylation sites is 1. The van der Waals surface area contributed by atoms with Crippen LogP contribution in [0.3, 0.4) is 0 Å². The van der Waals surface area contributed by atoms with E-state index in [-0.39, 0.29) is 25.4 Å². The van der Waals surface area contributed by atoms with Crippen LogP contribution in [-0.4, -0.2) is 106 Å². The molecule has 0 bridgehead atoms. The fraction of sp³-hybridized carbons (Fsp3) is 0.522. The number of aromatic nitrogens is 3. The van der Waals surface area contributed by atoms with Crippen LogP contribution in [0.4, 0.5) is 4.79 Å².